The van der Waals surface area contributed by atoms with Gasteiger partial charge in [-0.1, -0.05) is 58.0 Å². The van der Waals surface area contributed by atoms with E-state index in [0.717, 1.165) is 5.56 Å². The van der Waals surface area contributed by atoms with Crippen molar-refractivity contribution in [3.8, 4) is 0 Å². The second-order valence-corrected chi connectivity index (χ2v) is 10.3. The first-order valence-electron chi connectivity index (χ1n) is 11.9. The molecule has 0 saturated heterocycles. The number of aliphatic carboxylic acids is 1. The van der Waals surface area contributed by atoms with Crippen LogP contribution in [0.2, 0.25) is 0 Å². The highest BCUT2D eigenvalue weighted by Crippen LogP contribution is 2.09. The van der Waals surface area contributed by atoms with Gasteiger partial charge in [0.05, 0.1) is 0 Å². The number of rotatable bonds is 15. The maximum atomic E-state index is 13.1. The second kappa shape index (κ2) is 16.0. The van der Waals surface area contributed by atoms with E-state index >= 15 is 0 Å². The molecule has 0 saturated carbocycles. The molecule has 0 radical (unpaired) electrons. The molecule has 0 heterocycles. The lowest BCUT2D eigenvalue weighted by molar-refractivity contribution is -0.142. The van der Waals surface area contributed by atoms with Crippen molar-refractivity contribution in [2.75, 3.05) is 18.6 Å². The molecule has 0 aromatic heterocycles. The average molecular weight is 509 g/mol. The number of carbonyl (C=O) groups is 4. The van der Waals surface area contributed by atoms with E-state index in [1.54, 1.807) is 36.0 Å². The number of urea groups is 1. The van der Waals surface area contributed by atoms with E-state index in [4.69, 9.17) is 0 Å². The molecule has 1 aromatic carbocycles. The van der Waals surface area contributed by atoms with Gasteiger partial charge in [-0.05, 0) is 42.2 Å². The van der Waals surface area contributed by atoms with E-state index in [0.29, 0.717) is 25.1 Å². The Morgan fingerprint density at radius 1 is 0.857 bits per heavy atom. The molecule has 0 spiro atoms. The zero-order valence-electron chi connectivity index (χ0n) is 21.3. The van der Waals surface area contributed by atoms with Gasteiger partial charge in [0.15, 0.2) is 0 Å². The first-order chi connectivity index (χ1) is 16.5. The zero-order chi connectivity index (χ0) is 26.4. The van der Waals surface area contributed by atoms with Crippen LogP contribution in [-0.2, 0) is 20.8 Å². The first-order valence-corrected chi connectivity index (χ1v) is 13.3. The number of nitrogens with one attached hydrogen (secondary N) is 4. The maximum Gasteiger partial charge on any atom is 0.326 e. The minimum atomic E-state index is -1.15. The average Bonchev–Trinajstić information content (AvgIpc) is 2.79. The van der Waals surface area contributed by atoms with Crippen LogP contribution in [0.25, 0.3) is 0 Å². The third kappa shape index (κ3) is 12.5. The molecule has 1 aromatic rings. The second-order valence-electron chi connectivity index (χ2n) is 9.36. The van der Waals surface area contributed by atoms with E-state index in [2.05, 4.69) is 21.3 Å². The van der Waals surface area contributed by atoms with Crippen LogP contribution < -0.4 is 21.3 Å². The van der Waals surface area contributed by atoms with Gasteiger partial charge in [-0.25, -0.2) is 9.59 Å². The summed E-state index contributed by atoms with van der Waals surface area (Å²) in [6.45, 7) is 8.23. The Morgan fingerprint density at radius 3 is 2.00 bits per heavy atom. The maximum absolute atomic E-state index is 13.1. The van der Waals surface area contributed by atoms with Gasteiger partial charge in [-0.15, -0.1) is 0 Å². The Bertz CT molecular complexity index is 819. The van der Waals surface area contributed by atoms with Crippen molar-refractivity contribution < 1.29 is 24.3 Å². The van der Waals surface area contributed by atoms with Gasteiger partial charge in [-0.2, -0.15) is 11.8 Å². The summed E-state index contributed by atoms with van der Waals surface area (Å²) in [5, 5.41) is 20.4. The molecule has 9 nitrogen and oxygen atoms in total. The molecular formula is C25H40N4O5S. The molecule has 35 heavy (non-hydrogen) atoms. The highest BCUT2D eigenvalue weighted by Gasteiger charge is 2.30. The molecule has 0 bridgehead atoms. The third-order valence-electron chi connectivity index (χ3n) is 5.14. The lowest BCUT2D eigenvalue weighted by Crippen LogP contribution is -2.57. The predicted octanol–water partition coefficient (Wildman–Crippen LogP) is 2.41. The molecule has 10 heteroatoms. The van der Waals surface area contributed by atoms with Crippen LogP contribution in [-0.4, -0.2) is 65.6 Å². The molecule has 0 fully saturated rings. The third-order valence-corrected chi connectivity index (χ3v) is 5.78. The molecule has 0 aliphatic carbocycles. The summed E-state index contributed by atoms with van der Waals surface area (Å²) in [6.07, 6.45) is 2.74. The predicted molar refractivity (Wildman–Crippen MR) is 139 cm³/mol. The van der Waals surface area contributed by atoms with Gasteiger partial charge < -0.3 is 26.4 Å². The van der Waals surface area contributed by atoms with Crippen molar-refractivity contribution in [3.63, 3.8) is 0 Å². The summed E-state index contributed by atoms with van der Waals surface area (Å²) < 4.78 is 0. The van der Waals surface area contributed by atoms with E-state index in [1.807, 2.05) is 40.0 Å². The Balaban J connectivity index is 2.92. The Morgan fingerprint density at radius 2 is 1.46 bits per heavy atom. The van der Waals surface area contributed by atoms with E-state index in [-0.39, 0.29) is 18.3 Å². The fourth-order valence-electron chi connectivity index (χ4n) is 3.31. The molecule has 0 aliphatic rings. The quantitative estimate of drug-likeness (QED) is 0.247. The molecule has 4 amide bonds. The van der Waals surface area contributed by atoms with E-state index in [9.17, 15) is 24.3 Å². The van der Waals surface area contributed by atoms with Gasteiger partial charge >= 0.3 is 12.0 Å². The smallest absolute Gasteiger partial charge is 0.326 e. The van der Waals surface area contributed by atoms with Gasteiger partial charge in [0.1, 0.15) is 18.1 Å². The van der Waals surface area contributed by atoms with Crippen molar-refractivity contribution in [2.45, 2.75) is 65.1 Å². The summed E-state index contributed by atoms with van der Waals surface area (Å²) in [5.41, 5.74) is 0.776. The lowest BCUT2D eigenvalue weighted by Gasteiger charge is -2.25. The molecular weight excluding hydrogens is 468 g/mol. The molecule has 5 N–H and O–H groups in total. The van der Waals surface area contributed by atoms with Crippen molar-refractivity contribution >= 4 is 35.6 Å². The number of benzene rings is 1. The molecule has 196 valence electrons. The van der Waals surface area contributed by atoms with E-state index < -0.39 is 41.9 Å². The normalized spacial score (nSPS) is 13.6. The van der Waals surface area contributed by atoms with E-state index in [1.165, 1.54) is 0 Å². The number of carbonyl (C=O) groups excluding carboxylic acids is 3. The van der Waals surface area contributed by atoms with Crippen LogP contribution in [0.5, 0.6) is 0 Å². The molecule has 3 atom stereocenters. The van der Waals surface area contributed by atoms with Crippen LogP contribution in [0.1, 0.15) is 46.1 Å². The van der Waals surface area contributed by atoms with Crippen LogP contribution in [0.3, 0.4) is 0 Å². The Labute approximate surface area is 212 Å². The standard InChI is InChI=1S/C25H40N4O5S/c1-16(2)13-20(23(31)28-21(24(32)33)14-18-9-7-6-8-10-18)27-22(30)19(11-12-35-5)29-25(34)26-15-17(3)4/h6-10,16-17,19-21H,11-15H2,1-5H3,(H,27,30)(H,28,31)(H,32,33)(H2,26,29,34)/t19-,20-,21-/m0/s1. The molecule has 0 unspecified atom stereocenters. The van der Waals surface area contributed by atoms with Crippen molar-refractivity contribution in [1.82, 2.24) is 21.3 Å². The van der Waals surface area contributed by atoms with Crippen LogP contribution >= 0.6 is 11.8 Å². The summed E-state index contributed by atoms with van der Waals surface area (Å²) in [7, 11) is 0. The van der Waals surface area contributed by atoms with Gasteiger partial charge in [0, 0.05) is 13.0 Å². The van der Waals surface area contributed by atoms with Crippen molar-refractivity contribution in [1.29, 1.82) is 0 Å². The lowest BCUT2D eigenvalue weighted by atomic mass is 10.0. The van der Waals surface area contributed by atoms with Gasteiger partial charge in [-0.3, -0.25) is 9.59 Å². The highest BCUT2D eigenvalue weighted by atomic mass is 32.2. The van der Waals surface area contributed by atoms with Crippen LogP contribution in [0.15, 0.2) is 30.3 Å². The Kier molecular flexibility index (Phi) is 13.9. The van der Waals surface area contributed by atoms with Crippen molar-refractivity contribution in [2.24, 2.45) is 11.8 Å². The number of hydrogen-bond donors (Lipinski definition) is 5. The fraction of sp³-hybridized carbons (Fsp3) is 0.600. The minimum absolute atomic E-state index is 0.0652. The van der Waals surface area contributed by atoms with Crippen LogP contribution in [0, 0.1) is 11.8 Å². The topological polar surface area (TPSA) is 137 Å². The van der Waals surface area contributed by atoms with Gasteiger partial charge in [0.2, 0.25) is 11.8 Å². The molecule has 0 aliphatic heterocycles. The summed E-state index contributed by atoms with van der Waals surface area (Å²) in [6, 6.07) is 5.69. The van der Waals surface area contributed by atoms with Crippen molar-refractivity contribution in [3.05, 3.63) is 35.9 Å². The zero-order valence-corrected chi connectivity index (χ0v) is 22.1. The number of amides is 4. The highest BCUT2D eigenvalue weighted by molar-refractivity contribution is 7.98. The summed E-state index contributed by atoms with van der Waals surface area (Å²) in [5.74, 6) is -1.23. The monoisotopic (exact) mass is 508 g/mol. The fourth-order valence-corrected chi connectivity index (χ4v) is 3.78. The summed E-state index contributed by atoms with van der Waals surface area (Å²) in [4.78, 5) is 50.2. The Hall–Kier alpha value is -2.75. The number of carboxylic acids is 1. The van der Waals surface area contributed by atoms with Gasteiger partial charge in [0.25, 0.3) is 0 Å². The minimum Gasteiger partial charge on any atom is -0.480 e. The number of thioether (sulfide) groups is 1. The number of hydrogen-bond acceptors (Lipinski definition) is 5. The number of carboxylic acid groups (broad SMARTS) is 1. The largest absolute Gasteiger partial charge is 0.480 e. The SMILES string of the molecule is CSCC[C@H](NC(=O)NCC(C)C)C(=O)N[C@@H](CC(C)C)C(=O)N[C@@H](Cc1ccccc1)C(=O)O. The summed E-state index contributed by atoms with van der Waals surface area (Å²) >= 11 is 1.54. The molecule has 1 rings (SSSR count). The van der Waals surface area contributed by atoms with Crippen LogP contribution in [0.4, 0.5) is 4.79 Å². The first kappa shape index (κ1) is 30.3.